The van der Waals surface area contributed by atoms with E-state index in [1.807, 2.05) is 19.1 Å². The second-order valence-corrected chi connectivity index (χ2v) is 23.0. The summed E-state index contributed by atoms with van der Waals surface area (Å²) >= 11 is 2.96. The van der Waals surface area contributed by atoms with Gasteiger partial charge < -0.3 is 37.9 Å². The number of aryl methyl sites for hydroxylation is 1. The monoisotopic (exact) mass is 1050 g/mol. The van der Waals surface area contributed by atoms with Crippen LogP contribution < -0.4 is 42.4 Å². The minimum absolute atomic E-state index is 0.0201. The molecule has 366 valence electrons. The fourth-order valence-electron chi connectivity index (χ4n) is 9.35. The van der Waals surface area contributed by atoms with Crippen LogP contribution in [-0.2, 0) is 36.2 Å². The Kier molecular flexibility index (Phi) is 10.9. The van der Waals surface area contributed by atoms with Gasteiger partial charge in [0.05, 0.1) is 41.5 Å². The SMILES string of the molecule is C=c1s/c(=c2/s/c(=C3\C4=C(OCCO4)C(C)[S@@+]3Cc3cc(C)ccc3Oc3ccc(N4C(=O)c5ccc(Oc6ccc7c(c6)C(=O)N(C)C7=O)cc5C4=O)cc3S(=O)(=O)O)c3c2OCCO3)c2c1OCCO2. The molecule has 12 rings (SSSR count). The van der Waals surface area contributed by atoms with Gasteiger partial charge in [-0.2, -0.15) is 8.42 Å². The first-order valence-corrected chi connectivity index (χ1v) is 27.0. The molecule has 0 saturated carbocycles. The molecule has 0 aliphatic carbocycles. The molecule has 21 heteroatoms. The Balaban J connectivity index is 0.882. The molecule has 4 amide bonds. The third-order valence-electron chi connectivity index (χ3n) is 12.7. The zero-order chi connectivity index (χ0) is 49.9. The Hall–Kier alpha value is -7.30. The van der Waals surface area contributed by atoms with E-state index in [2.05, 4.69) is 13.5 Å². The number of thiophene rings is 2. The molecule has 2 aromatic heterocycles. The van der Waals surface area contributed by atoms with Crippen molar-refractivity contribution in [1.29, 1.82) is 0 Å². The Morgan fingerprint density at radius 1 is 0.667 bits per heavy atom. The van der Waals surface area contributed by atoms with Gasteiger partial charge in [-0.3, -0.25) is 28.6 Å². The number of hydrogen-bond acceptors (Lipinski definition) is 16. The van der Waals surface area contributed by atoms with Crippen LogP contribution >= 0.6 is 22.7 Å². The number of amides is 4. The lowest BCUT2D eigenvalue weighted by molar-refractivity contribution is 0.0692. The topological polar surface area (TPSA) is 203 Å². The average Bonchev–Trinajstić information content (AvgIpc) is 4.12. The van der Waals surface area contributed by atoms with Crippen molar-refractivity contribution in [1.82, 2.24) is 4.90 Å². The van der Waals surface area contributed by atoms with Crippen molar-refractivity contribution in [2.24, 2.45) is 0 Å². The van der Waals surface area contributed by atoms with E-state index in [9.17, 15) is 32.1 Å². The summed E-state index contributed by atoms with van der Waals surface area (Å²) in [5.41, 5.74) is 1.85. The maximum Gasteiger partial charge on any atom is 0.298 e. The highest BCUT2D eigenvalue weighted by Gasteiger charge is 2.52. The first-order chi connectivity index (χ1) is 34.6. The quantitative estimate of drug-likeness (QED) is 0.0946. The van der Waals surface area contributed by atoms with Crippen LogP contribution in [-0.4, -0.2) is 93.4 Å². The average molecular weight is 1050 g/mol. The molecule has 0 fully saturated rings. The third kappa shape index (κ3) is 7.39. The number of ether oxygens (including phenoxy) is 8. The Morgan fingerprint density at radius 3 is 1.94 bits per heavy atom. The second-order valence-electron chi connectivity index (χ2n) is 17.2. The molecular weight excluding hydrogens is 1010 g/mol. The number of rotatable bonds is 8. The summed E-state index contributed by atoms with van der Waals surface area (Å²) < 4.78 is 90.3. The van der Waals surface area contributed by atoms with Crippen molar-refractivity contribution in [3.63, 3.8) is 0 Å². The maximum absolute atomic E-state index is 14.0. The lowest BCUT2D eigenvalue weighted by Crippen LogP contribution is -2.29. The van der Waals surface area contributed by atoms with Gasteiger partial charge in [0, 0.05) is 23.5 Å². The number of hydrogen-bond donors (Lipinski definition) is 1. The van der Waals surface area contributed by atoms with Gasteiger partial charge in [-0.1, -0.05) is 18.2 Å². The van der Waals surface area contributed by atoms with Crippen molar-refractivity contribution in [2.75, 3.05) is 51.6 Å². The fourth-order valence-corrected chi connectivity index (χ4v) is 15.1. The van der Waals surface area contributed by atoms with Gasteiger partial charge in [-0.25, -0.2) is 4.90 Å². The number of carbonyl (C=O) groups is 4. The van der Waals surface area contributed by atoms with Gasteiger partial charge in [-0.15, -0.1) is 22.7 Å². The molecular formula is C51H39N2O15S4+. The van der Waals surface area contributed by atoms with Crippen LogP contribution in [0.2, 0.25) is 0 Å². The summed E-state index contributed by atoms with van der Waals surface area (Å²) in [6.45, 7) is 10.4. The highest BCUT2D eigenvalue weighted by Crippen LogP contribution is 2.48. The molecule has 8 heterocycles. The molecule has 4 aromatic carbocycles. The van der Waals surface area contributed by atoms with Crippen molar-refractivity contribution in [3.05, 3.63) is 136 Å². The minimum Gasteiger partial charge on any atom is -0.485 e. The second kappa shape index (κ2) is 17.2. The Morgan fingerprint density at radius 2 is 1.24 bits per heavy atom. The molecule has 2 atom stereocenters. The largest absolute Gasteiger partial charge is 0.485 e. The molecule has 0 radical (unpaired) electrons. The van der Waals surface area contributed by atoms with Gasteiger partial charge >= 0.3 is 0 Å². The number of anilines is 1. The number of fused-ring (bicyclic) bond motifs is 4. The summed E-state index contributed by atoms with van der Waals surface area (Å²) in [5.74, 6) is 2.09. The lowest BCUT2D eigenvalue weighted by Gasteiger charge is -2.18. The number of carbonyl (C=O) groups excluding carboxylic acids is 4. The maximum atomic E-state index is 14.0. The molecule has 1 unspecified atom stereocenters. The summed E-state index contributed by atoms with van der Waals surface area (Å²) in [5, 5.41) is -0.166. The standard InChI is InChI=1S/C51H38N2O15S4/c1-24-5-11-35(27(19-24)23-71-26(3)39-43(66-18-14-62-39)47(71)46-42-41(64-16-17-65-42)45(70-46)44-40-38(25(2)69-44)61-13-15-63-40)68-36-12-6-28(20-37(36)72(58,59)60)53-50(56)32-10-8-30(22-34(32)51(53)57)67-29-7-9-31-33(21-29)49(55)52(4)48(31)54/h5-12,19-22,26H,2,13-18,23H2,1,3-4H3/p+1/b45-44+,47-46+/t26?,71-/m1/s1. The molecule has 6 aliphatic heterocycles. The molecule has 0 saturated heterocycles. The highest BCUT2D eigenvalue weighted by molar-refractivity contribution is 8.06. The minimum atomic E-state index is -5.04. The summed E-state index contributed by atoms with van der Waals surface area (Å²) in [7, 11) is -4.34. The van der Waals surface area contributed by atoms with E-state index in [1.54, 1.807) is 6.07 Å². The fraction of sp³-hybridized carbons (Fsp3) is 0.216. The van der Waals surface area contributed by atoms with Crippen LogP contribution in [0, 0.1) is 16.0 Å². The summed E-state index contributed by atoms with van der Waals surface area (Å²) in [6, 6.07) is 17.8. The first kappa shape index (κ1) is 45.8. The molecule has 6 aromatic rings. The van der Waals surface area contributed by atoms with E-state index in [0.29, 0.717) is 91.2 Å². The van der Waals surface area contributed by atoms with Crippen LogP contribution in [0.1, 0.15) is 59.5 Å². The zero-order valence-electron chi connectivity index (χ0n) is 38.4. The number of benzene rings is 4. The van der Waals surface area contributed by atoms with E-state index >= 15 is 0 Å². The zero-order valence-corrected chi connectivity index (χ0v) is 41.6. The predicted octanol–water partition coefficient (Wildman–Crippen LogP) is 6.80. The van der Waals surface area contributed by atoms with Crippen molar-refractivity contribution >= 4 is 84.5 Å². The van der Waals surface area contributed by atoms with Crippen LogP contribution in [0.15, 0.2) is 89.2 Å². The number of nitrogens with zero attached hydrogens (tertiary/aromatic N) is 2. The van der Waals surface area contributed by atoms with Gasteiger partial charge in [0.2, 0.25) is 10.7 Å². The highest BCUT2D eigenvalue weighted by atomic mass is 32.2. The molecule has 0 bridgehead atoms. The Bertz CT molecular complexity index is 3810. The Labute approximate surface area is 420 Å². The van der Waals surface area contributed by atoms with Crippen LogP contribution in [0.4, 0.5) is 5.69 Å². The molecule has 17 nitrogen and oxygen atoms in total. The molecule has 0 spiro atoms. The van der Waals surface area contributed by atoms with Crippen molar-refractivity contribution < 1.29 is 70.0 Å². The van der Waals surface area contributed by atoms with Crippen LogP contribution in [0.3, 0.4) is 0 Å². The normalized spacial score (nSPS) is 20.1. The smallest absolute Gasteiger partial charge is 0.298 e. The first-order valence-electron chi connectivity index (χ1n) is 22.4. The number of imide groups is 2. The van der Waals surface area contributed by atoms with E-state index in [0.717, 1.165) is 44.5 Å². The summed E-state index contributed by atoms with van der Waals surface area (Å²) in [4.78, 5) is 54.8. The van der Waals surface area contributed by atoms with Gasteiger partial charge in [-0.05, 0) is 80.6 Å². The van der Waals surface area contributed by atoms with Crippen molar-refractivity contribution in [3.8, 4) is 46.0 Å². The van der Waals surface area contributed by atoms with Crippen LogP contribution in [0.25, 0.3) is 11.5 Å². The van der Waals surface area contributed by atoms with Gasteiger partial charge in [0.15, 0.2) is 34.0 Å². The van der Waals surface area contributed by atoms with Crippen LogP contribution in [0.5, 0.6) is 46.0 Å². The van der Waals surface area contributed by atoms with Crippen molar-refractivity contribution in [2.45, 2.75) is 29.7 Å². The third-order valence-corrected chi connectivity index (χ3v) is 18.7. The lowest BCUT2D eigenvalue weighted by atomic mass is 10.1. The molecule has 72 heavy (non-hydrogen) atoms. The van der Waals surface area contributed by atoms with E-state index in [4.69, 9.17) is 37.9 Å². The van der Waals surface area contributed by atoms with E-state index < -0.39 is 49.5 Å². The van der Waals surface area contributed by atoms with E-state index in [-0.39, 0.29) is 50.4 Å². The van der Waals surface area contributed by atoms with Gasteiger partial charge in [0.25, 0.3) is 33.7 Å². The molecule has 1 N–H and O–H groups in total. The predicted molar refractivity (Wildman–Crippen MR) is 264 cm³/mol. The summed E-state index contributed by atoms with van der Waals surface area (Å²) in [6.07, 6.45) is 0. The van der Waals surface area contributed by atoms with E-state index in [1.165, 1.54) is 78.3 Å². The molecule has 6 aliphatic rings. The van der Waals surface area contributed by atoms with Gasteiger partial charge in [0.1, 0.15) is 77.8 Å².